The summed E-state index contributed by atoms with van der Waals surface area (Å²) < 4.78 is 5.11. The highest BCUT2D eigenvalue weighted by Gasteiger charge is 2.20. The van der Waals surface area contributed by atoms with Crippen molar-refractivity contribution in [2.24, 2.45) is 0 Å². The van der Waals surface area contributed by atoms with Gasteiger partial charge in [0.1, 0.15) is 6.04 Å². The van der Waals surface area contributed by atoms with Crippen LogP contribution in [0.4, 0.5) is 0 Å². The summed E-state index contributed by atoms with van der Waals surface area (Å²) in [5.74, 6) is 0. The van der Waals surface area contributed by atoms with Crippen molar-refractivity contribution in [3.05, 3.63) is 35.4 Å². The number of hydrogen-bond acceptors (Lipinski definition) is 3. The Balaban J connectivity index is 2.09. The summed E-state index contributed by atoms with van der Waals surface area (Å²) in [6, 6.07) is 10.6. The molecule has 19 heavy (non-hydrogen) atoms. The number of benzene rings is 1. The van der Waals surface area contributed by atoms with E-state index in [0.717, 1.165) is 24.2 Å². The first-order chi connectivity index (χ1) is 9.35. The molecule has 0 aromatic heterocycles. The summed E-state index contributed by atoms with van der Waals surface area (Å²) in [6.45, 7) is 2.71. The Morgan fingerprint density at radius 3 is 2.32 bits per heavy atom. The molecule has 0 N–H and O–H groups in total. The molecule has 0 radical (unpaired) electrons. The van der Waals surface area contributed by atoms with Crippen LogP contribution in [0.25, 0.3) is 0 Å². The molecule has 1 aliphatic rings. The largest absolute Gasteiger partial charge is 0.380 e. The predicted molar refractivity (Wildman–Crippen MR) is 75.6 cm³/mol. The Morgan fingerprint density at radius 1 is 1.16 bits per heavy atom. The lowest BCUT2D eigenvalue weighted by Crippen LogP contribution is -2.28. The van der Waals surface area contributed by atoms with Gasteiger partial charge in [-0.3, -0.25) is 4.90 Å². The quantitative estimate of drug-likeness (QED) is 0.831. The molecule has 0 saturated carbocycles. The van der Waals surface area contributed by atoms with Crippen molar-refractivity contribution in [3.8, 4) is 6.07 Å². The smallest absolute Gasteiger partial charge is 0.123 e. The first-order valence-corrected chi connectivity index (χ1v) is 7.06. The third-order valence-corrected chi connectivity index (χ3v) is 3.73. The average Bonchev–Trinajstić information content (AvgIpc) is 2.71. The van der Waals surface area contributed by atoms with E-state index < -0.39 is 0 Å². The summed E-state index contributed by atoms with van der Waals surface area (Å²) in [7, 11) is 1.70. The van der Waals surface area contributed by atoms with Gasteiger partial charge in [-0.1, -0.05) is 37.1 Å². The molecule has 1 atom stereocenters. The molecule has 1 unspecified atom stereocenters. The van der Waals surface area contributed by atoms with Gasteiger partial charge in [-0.25, -0.2) is 0 Å². The molecule has 3 nitrogen and oxygen atoms in total. The molecule has 1 aliphatic heterocycles. The molecular weight excluding hydrogens is 236 g/mol. The molecule has 1 fully saturated rings. The maximum Gasteiger partial charge on any atom is 0.123 e. The van der Waals surface area contributed by atoms with E-state index in [-0.39, 0.29) is 6.04 Å². The van der Waals surface area contributed by atoms with Crippen molar-refractivity contribution >= 4 is 0 Å². The fourth-order valence-corrected chi connectivity index (χ4v) is 2.68. The second-order valence-electron chi connectivity index (χ2n) is 5.16. The van der Waals surface area contributed by atoms with E-state index in [1.807, 2.05) is 0 Å². The van der Waals surface area contributed by atoms with Crippen molar-refractivity contribution < 1.29 is 4.74 Å². The normalized spacial score (nSPS) is 18.5. The number of rotatable bonds is 4. The highest BCUT2D eigenvalue weighted by Crippen LogP contribution is 2.24. The van der Waals surface area contributed by atoms with Crippen LogP contribution in [-0.4, -0.2) is 25.1 Å². The van der Waals surface area contributed by atoms with Gasteiger partial charge in [0.15, 0.2) is 0 Å². The zero-order valence-electron chi connectivity index (χ0n) is 11.6. The van der Waals surface area contributed by atoms with Gasteiger partial charge in [0.05, 0.1) is 12.7 Å². The molecule has 1 heterocycles. The Morgan fingerprint density at radius 2 is 1.79 bits per heavy atom. The van der Waals surface area contributed by atoms with Crippen molar-refractivity contribution in [1.29, 1.82) is 5.26 Å². The molecule has 0 spiro atoms. The van der Waals surface area contributed by atoms with Crippen LogP contribution >= 0.6 is 0 Å². The van der Waals surface area contributed by atoms with Crippen molar-refractivity contribution in [2.75, 3.05) is 20.2 Å². The molecule has 0 aliphatic carbocycles. The van der Waals surface area contributed by atoms with Crippen LogP contribution < -0.4 is 0 Å². The van der Waals surface area contributed by atoms with Gasteiger partial charge in [-0.15, -0.1) is 0 Å². The maximum atomic E-state index is 9.48. The summed E-state index contributed by atoms with van der Waals surface area (Å²) in [5.41, 5.74) is 2.25. The number of nitrogens with zero attached hydrogens (tertiary/aromatic N) is 2. The number of nitriles is 1. The summed E-state index contributed by atoms with van der Waals surface area (Å²) in [6.07, 6.45) is 5.00. The van der Waals surface area contributed by atoms with Crippen molar-refractivity contribution in [3.63, 3.8) is 0 Å². The third kappa shape index (κ3) is 3.79. The minimum Gasteiger partial charge on any atom is -0.380 e. The van der Waals surface area contributed by atoms with Crippen LogP contribution in [0.5, 0.6) is 0 Å². The van der Waals surface area contributed by atoms with E-state index >= 15 is 0 Å². The molecule has 0 amide bonds. The fourth-order valence-electron chi connectivity index (χ4n) is 2.68. The van der Waals surface area contributed by atoms with Crippen LogP contribution in [0.1, 0.15) is 42.9 Å². The molecule has 2 rings (SSSR count). The van der Waals surface area contributed by atoms with E-state index in [2.05, 4.69) is 35.2 Å². The molecule has 1 saturated heterocycles. The van der Waals surface area contributed by atoms with Crippen LogP contribution in [-0.2, 0) is 11.3 Å². The second-order valence-corrected chi connectivity index (χ2v) is 5.16. The average molecular weight is 258 g/mol. The lowest BCUT2D eigenvalue weighted by molar-refractivity contribution is 0.185. The van der Waals surface area contributed by atoms with Gasteiger partial charge in [-0.05, 0) is 37.1 Å². The van der Waals surface area contributed by atoms with E-state index in [1.54, 1.807) is 7.11 Å². The van der Waals surface area contributed by atoms with Crippen LogP contribution in [0.3, 0.4) is 0 Å². The van der Waals surface area contributed by atoms with Gasteiger partial charge in [0.25, 0.3) is 0 Å². The van der Waals surface area contributed by atoms with Crippen LogP contribution in [0.2, 0.25) is 0 Å². The van der Waals surface area contributed by atoms with Gasteiger partial charge in [0.2, 0.25) is 0 Å². The van der Waals surface area contributed by atoms with Crippen LogP contribution in [0, 0.1) is 11.3 Å². The van der Waals surface area contributed by atoms with Gasteiger partial charge in [0, 0.05) is 7.11 Å². The summed E-state index contributed by atoms with van der Waals surface area (Å²) in [4.78, 5) is 2.32. The Labute approximate surface area is 115 Å². The first kappa shape index (κ1) is 14.0. The molecule has 102 valence electrons. The number of hydrogen-bond donors (Lipinski definition) is 0. The summed E-state index contributed by atoms with van der Waals surface area (Å²) in [5, 5.41) is 9.48. The number of methoxy groups -OCH3 is 1. The Bertz CT molecular complexity index is 413. The minimum absolute atomic E-state index is 0.102. The lowest BCUT2D eigenvalue weighted by atomic mass is 10.0. The lowest BCUT2D eigenvalue weighted by Gasteiger charge is -2.25. The fraction of sp³-hybridized carbons (Fsp3) is 0.562. The third-order valence-electron chi connectivity index (χ3n) is 3.73. The van der Waals surface area contributed by atoms with Crippen molar-refractivity contribution in [1.82, 2.24) is 4.90 Å². The van der Waals surface area contributed by atoms with Gasteiger partial charge >= 0.3 is 0 Å². The summed E-state index contributed by atoms with van der Waals surface area (Å²) >= 11 is 0. The second kappa shape index (κ2) is 7.28. The van der Waals surface area contributed by atoms with Gasteiger partial charge in [-0.2, -0.15) is 5.26 Å². The highest BCUT2D eigenvalue weighted by atomic mass is 16.5. The molecular formula is C16H22N2O. The molecule has 3 heteroatoms. The highest BCUT2D eigenvalue weighted by molar-refractivity contribution is 5.28. The zero-order valence-corrected chi connectivity index (χ0v) is 11.6. The topological polar surface area (TPSA) is 36.3 Å². The minimum atomic E-state index is -0.102. The zero-order chi connectivity index (χ0) is 13.5. The van der Waals surface area contributed by atoms with E-state index in [4.69, 9.17) is 4.74 Å². The van der Waals surface area contributed by atoms with Crippen molar-refractivity contribution in [2.45, 2.75) is 38.3 Å². The number of likely N-dealkylation sites (tertiary alicyclic amines) is 1. The Hall–Kier alpha value is -1.37. The van der Waals surface area contributed by atoms with E-state index in [1.165, 1.54) is 25.7 Å². The first-order valence-electron chi connectivity index (χ1n) is 7.06. The van der Waals surface area contributed by atoms with Crippen LogP contribution in [0.15, 0.2) is 24.3 Å². The molecule has 0 bridgehead atoms. The Kier molecular flexibility index (Phi) is 5.38. The molecule has 1 aromatic rings. The number of ether oxygens (including phenoxy) is 1. The van der Waals surface area contributed by atoms with E-state index in [0.29, 0.717) is 6.61 Å². The predicted octanol–water partition coefficient (Wildman–Crippen LogP) is 3.27. The van der Waals surface area contributed by atoms with E-state index in [9.17, 15) is 5.26 Å². The monoisotopic (exact) mass is 258 g/mol. The maximum absolute atomic E-state index is 9.48. The standard InChI is InChI=1S/C16H22N2O/c1-19-13-14-6-8-15(9-7-14)16(12-17)18-10-4-2-3-5-11-18/h6-9,16H,2-5,10-11,13H2,1H3. The molecule has 1 aromatic carbocycles. The SMILES string of the molecule is COCc1ccc(C(C#N)N2CCCCCC2)cc1. The van der Waals surface area contributed by atoms with Gasteiger partial charge < -0.3 is 4.74 Å².